The zero-order chi connectivity index (χ0) is 26.1. The van der Waals surface area contributed by atoms with Gasteiger partial charge in [-0.1, -0.05) is 143 Å². The maximum absolute atomic E-state index is 2.76. The lowest BCUT2D eigenvalue weighted by atomic mass is 10.1. The molecule has 0 N–H and O–H groups in total. The average molecular weight is 501 g/mol. The van der Waals surface area contributed by atoms with E-state index in [0.29, 0.717) is 0 Å². The van der Waals surface area contributed by atoms with Crippen molar-refractivity contribution in [3.63, 3.8) is 0 Å². The predicted octanol–water partition coefficient (Wildman–Crippen LogP) is 11.2. The molecule has 0 heterocycles. The van der Waals surface area contributed by atoms with Gasteiger partial charge in [-0.25, -0.2) is 0 Å². The van der Waals surface area contributed by atoms with Gasteiger partial charge in [0.05, 0.1) is 11.4 Å². The summed E-state index contributed by atoms with van der Waals surface area (Å²) in [6.07, 6.45) is 27.3. The van der Waals surface area contributed by atoms with Crippen molar-refractivity contribution in [3.8, 4) is 0 Å². The van der Waals surface area contributed by atoms with Crippen molar-refractivity contribution in [1.82, 2.24) is 0 Å². The second-order valence-electron chi connectivity index (χ2n) is 11.1. The first kappa shape index (κ1) is 32.8. The summed E-state index contributed by atoms with van der Waals surface area (Å²) in [6, 6.07) is 9.41. The Morgan fingerprint density at radius 1 is 0.361 bits per heavy atom. The van der Waals surface area contributed by atoms with Crippen LogP contribution in [0.2, 0.25) is 0 Å². The Labute approximate surface area is 227 Å². The monoisotopic (exact) mass is 501 g/mol. The molecule has 0 aliphatic heterocycles. The van der Waals surface area contributed by atoms with Gasteiger partial charge in [-0.05, 0) is 37.8 Å². The van der Waals surface area contributed by atoms with Gasteiger partial charge in [0.15, 0.2) is 0 Å². The summed E-state index contributed by atoms with van der Waals surface area (Å²) >= 11 is 0. The van der Waals surface area contributed by atoms with Gasteiger partial charge in [-0.3, -0.25) is 0 Å². The number of benzene rings is 1. The molecule has 0 amide bonds. The lowest BCUT2D eigenvalue weighted by Crippen LogP contribution is -2.31. The van der Waals surface area contributed by atoms with Crippen LogP contribution in [-0.2, 0) is 0 Å². The minimum absolute atomic E-state index is 1.22. The fourth-order valence-corrected chi connectivity index (χ4v) is 5.33. The van der Waals surface area contributed by atoms with Crippen molar-refractivity contribution in [3.05, 3.63) is 24.3 Å². The van der Waals surface area contributed by atoms with Crippen LogP contribution in [0.4, 0.5) is 11.4 Å². The van der Waals surface area contributed by atoms with Gasteiger partial charge >= 0.3 is 0 Å². The van der Waals surface area contributed by atoms with Crippen molar-refractivity contribution in [2.45, 2.75) is 156 Å². The lowest BCUT2D eigenvalue weighted by Gasteiger charge is -2.33. The summed E-state index contributed by atoms with van der Waals surface area (Å²) in [6.45, 7) is 14.1. The van der Waals surface area contributed by atoms with E-state index < -0.39 is 0 Å². The molecule has 0 unspecified atom stereocenters. The molecule has 1 aromatic carbocycles. The molecular formula is C34H64N2. The Bertz CT molecular complexity index is 505. The summed E-state index contributed by atoms with van der Waals surface area (Å²) in [5, 5.41) is 0. The van der Waals surface area contributed by atoms with Crippen molar-refractivity contribution >= 4 is 11.4 Å². The topological polar surface area (TPSA) is 6.48 Å². The third kappa shape index (κ3) is 15.8. The third-order valence-corrected chi connectivity index (χ3v) is 7.69. The van der Waals surface area contributed by atoms with Gasteiger partial charge in [0.1, 0.15) is 0 Å². The summed E-state index contributed by atoms with van der Waals surface area (Å²) in [5.74, 6) is 0. The molecule has 36 heavy (non-hydrogen) atoms. The first-order valence-electron chi connectivity index (χ1n) is 16.4. The Hall–Kier alpha value is -1.18. The fraction of sp³-hybridized carbons (Fsp3) is 0.824. The van der Waals surface area contributed by atoms with Gasteiger partial charge < -0.3 is 9.80 Å². The Morgan fingerprint density at radius 3 is 0.861 bits per heavy atom. The molecule has 0 aromatic heterocycles. The number of hydrogen-bond donors (Lipinski definition) is 0. The Kier molecular flexibility index (Phi) is 22.1. The molecule has 0 fully saturated rings. The highest BCUT2D eigenvalue weighted by Gasteiger charge is 2.16. The highest BCUT2D eigenvalue weighted by Crippen LogP contribution is 2.31. The quantitative estimate of drug-likeness (QED) is 0.117. The molecule has 0 aliphatic carbocycles. The van der Waals surface area contributed by atoms with E-state index in [9.17, 15) is 0 Å². The smallest absolute Gasteiger partial charge is 0.0604 e. The standard InChI is InChI=1S/C34H64N2/c1-5-9-13-17-23-29-35(30-24-18-14-10-6-2)33-27-21-22-28-34(33)36(31-25-19-15-11-7-3)32-26-20-16-12-8-4/h21-22,27-28H,5-20,23-26,29-32H2,1-4H3. The summed E-state index contributed by atoms with van der Waals surface area (Å²) in [5.41, 5.74) is 3.01. The molecule has 1 aromatic rings. The molecule has 2 nitrogen and oxygen atoms in total. The number of hydrogen-bond acceptors (Lipinski definition) is 2. The van der Waals surface area contributed by atoms with Crippen LogP contribution in [0.1, 0.15) is 156 Å². The molecule has 0 radical (unpaired) electrons. The first-order valence-corrected chi connectivity index (χ1v) is 16.4. The van der Waals surface area contributed by atoms with Crippen LogP contribution in [0, 0.1) is 0 Å². The average Bonchev–Trinajstić information content (AvgIpc) is 2.90. The minimum Gasteiger partial charge on any atom is -0.370 e. The van der Waals surface area contributed by atoms with Crippen molar-refractivity contribution in [2.75, 3.05) is 36.0 Å². The highest BCUT2D eigenvalue weighted by atomic mass is 15.2. The largest absolute Gasteiger partial charge is 0.370 e. The molecule has 0 spiro atoms. The van der Waals surface area contributed by atoms with Gasteiger partial charge in [-0.15, -0.1) is 0 Å². The van der Waals surface area contributed by atoms with Crippen LogP contribution in [0.5, 0.6) is 0 Å². The van der Waals surface area contributed by atoms with E-state index in [2.05, 4.69) is 61.8 Å². The molecule has 2 heteroatoms. The van der Waals surface area contributed by atoms with E-state index in [1.54, 1.807) is 0 Å². The highest BCUT2D eigenvalue weighted by molar-refractivity contribution is 5.71. The number of para-hydroxylation sites is 2. The van der Waals surface area contributed by atoms with Gasteiger partial charge in [0.2, 0.25) is 0 Å². The van der Waals surface area contributed by atoms with E-state index in [4.69, 9.17) is 0 Å². The summed E-state index contributed by atoms with van der Waals surface area (Å²) in [7, 11) is 0. The maximum atomic E-state index is 2.76. The normalized spacial score (nSPS) is 11.2. The molecule has 0 bridgehead atoms. The third-order valence-electron chi connectivity index (χ3n) is 7.69. The zero-order valence-corrected chi connectivity index (χ0v) is 25.2. The number of rotatable bonds is 26. The van der Waals surface area contributed by atoms with E-state index in [1.807, 2.05) is 0 Å². The number of nitrogens with zero attached hydrogens (tertiary/aromatic N) is 2. The molecule has 210 valence electrons. The molecule has 0 saturated heterocycles. The number of unbranched alkanes of at least 4 members (excludes halogenated alkanes) is 16. The van der Waals surface area contributed by atoms with E-state index in [-0.39, 0.29) is 0 Å². The SMILES string of the molecule is CCCCCCCN(CCCCCCC)c1ccccc1N(CCCCCCC)CCCCCCC. The lowest BCUT2D eigenvalue weighted by molar-refractivity contribution is 0.582. The van der Waals surface area contributed by atoms with Crippen LogP contribution in [-0.4, -0.2) is 26.2 Å². The minimum atomic E-state index is 1.22. The maximum Gasteiger partial charge on any atom is 0.0604 e. The second kappa shape index (κ2) is 24.2. The van der Waals surface area contributed by atoms with Crippen LogP contribution in [0.15, 0.2) is 24.3 Å². The summed E-state index contributed by atoms with van der Waals surface area (Å²) < 4.78 is 0. The molecule has 0 aliphatic rings. The molecule has 0 saturated carbocycles. The van der Waals surface area contributed by atoms with Crippen LogP contribution < -0.4 is 9.80 Å². The first-order chi connectivity index (χ1) is 17.8. The Balaban J connectivity index is 2.92. The molecular weight excluding hydrogens is 436 g/mol. The number of anilines is 2. The van der Waals surface area contributed by atoms with Crippen LogP contribution >= 0.6 is 0 Å². The Morgan fingerprint density at radius 2 is 0.611 bits per heavy atom. The van der Waals surface area contributed by atoms with Crippen molar-refractivity contribution in [2.24, 2.45) is 0 Å². The predicted molar refractivity (Wildman–Crippen MR) is 166 cm³/mol. The van der Waals surface area contributed by atoms with Crippen molar-refractivity contribution < 1.29 is 0 Å². The van der Waals surface area contributed by atoms with Gasteiger partial charge in [0, 0.05) is 26.2 Å². The molecule has 0 atom stereocenters. The van der Waals surface area contributed by atoms with E-state index in [1.165, 1.54) is 166 Å². The van der Waals surface area contributed by atoms with E-state index in [0.717, 1.165) is 0 Å². The van der Waals surface area contributed by atoms with Gasteiger partial charge in [-0.2, -0.15) is 0 Å². The fourth-order valence-electron chi connectivity index (χ4n) is 5.33. The van der Waals surface area contributed by atoms with Crippen molar-refractivity contribution in [1.29, 1.82) is 0 Å². The second-order valence-corrected chi connectivity index (χ2v) is 11.1. The summed E-state index contributed by atoms with van der Waals surface area (Å²) in [4.78, 5) is 5.52. The zero-order valence-electron chi connectivity index (χ0n) is 25.2. The van der Waals surface area contributed by atoms with Crippen LogP contribution in [0.25, 0.3) is 0 Å². The van der Waals surface area contributed by atoms with E-state index >= 15 is 0 Å². The molecule has 1 rings (SSSR count). The van der Waals surface area contributed by atoms with Crippen LogP contribution in [0.3, 0.4) is 0 Å². The van der Waals surface area contributed by atoms with Gasteiger partial charge in [0.25, 0.3) is 0 Å².